The minimum atomic E-state index is -1.23. The number of aliphatic hydroxyl groups excluding tert-OH is 3. The van der Waals surface area contributed by atoms with Gasteiger partial charge in [-0.15, -0.1) is 0 Å². The fraction of sp³-hybridized carbons (Fsp3) is 1.00. The van der Waals surface area contributed by atoms with Crippen molar-refractivity contribution in [2.24, 2.45) is 0 Å². The van der Waals surface area contributed by atoms with Crippen molar-refractivity contribution < 1.29 is 20.1 Å². The highest BCUT2D eigenvalue weighted by Crippen LogP contribution is 2.18. The molecule has 9 heavy (non-hydrogen) atoms. The molecule has 3 N–H and O–H groups in total. The fourth-order valence-corrected chi connectivity index (χ4v) is 0.827. The summed E-state index contributed by atoms with van der Waals surface area (Å²) >= 11 is 0. The van der Waals surface area contributed by atoms with E-state index in [0.29, 0.717) is 0 Å². The molecule has 4 heteroatoms. The maximum atomic E-state index is 8.90. The normalized spacial score (nSPS) is 52.0. The number of ether oxygens (including phenoxy) is 1. The average Bonchev–Trinajstić information content (AvgIpc) is 1.98. The summed E-state index contributed by atoms with van der Waals surface area (Å²) in [6.45, 7) is 1.59. The summed E-state index contributed by atoms with van der Waals surface area (Å²) in [5, 5.41) is 26.4. The van der Waals surface area contributed by atoms with Crippen molar-refractivity contribution in [3.05, 3.63) is 0 Å². The topological polar surface area (TPSA) is 69.9 Å². The van der Waals surface area contributed by atoms with Crippen LogP contribution in [0.3, 0.4) is 0 Å². The van der Waals surface area contributed by atoms with Gasteiger partial charge < -0.3 is 20.1 Å². The van der Waals surface area contributed by atoms with Gasteiger partial charge in [0.15, 0.2) is 6.29 Å². The Bertz CT molecular complexity index is 93.1. The molecule has 0 amide bonds. The summed E-state index contributed by atoms with van der Waals surface area (Å²) in [4.78, 5) is 0. The van der Waals surface area contributed by atoms with Crippen LogP contribution in [-0.2, 0) is 4.74 Å². The second-order valence-corrected chi connectivity index (χ2v) is 2.21. The Hall–Kier alpha value is -0.160. The molecule has 0 aromatic rings. The first kappa shape index (κ1) is 6.95. The SMILES string of the molecule is C[C@H]1O[C@H](O)[C@H](O)[C@H]1O. The Morgan fingerprint density at radius 3 is 1.78 bits per heavy atom. The van der Waals surface area contributed by atoms with Gasteiger partial charge in [-0.25, -0.2) is 0 Å². The largest absolute Gasteiger partial charge is 0.388 e. The van der Waals surface area contributed by atoms with Crippen LogP contribution in [-0.4, -0.2) is 39.9 Å². The summed E-state index contributed by atoms with van der Waals surface area (Å²) in [6, 6.07) is 0. The lowest BCUT2D eigenvalue weighted by Crippen LogP contribution is -2.31. The van der Waals surface area contributed by atoms with Gasteiger partial charge in [-0.1, -0.05) is 0 Å². The van der Waals surface area contributed by atoms with Crippen molar-refractivity contribution in [1.82, 2.24) is 0 Å². The van der Waals surface area contributed by atoms with Crippen LogP contribution in [0.15, 0.2) is 0 Å². The van der Waals surface area contributed by atoms with Gasteiger partial charge in [0.05, 0.1) is 6.10 Å². The molecule has 1 aliphatic rings. The first-order chi connectivity index (χ1) is 4.13. The molecule has 0 aliphatic carbocycles. The van der Waals surface area contributed by atoms with Crippen molar-refractivity contribution in [2.45, 2.75) is 31.5 Å². The standard InChI is InChI=1S/C5H10O4/c1-2-3(6)4(7)5(8)9-2/h2-8H,1H3/t2-,3+,4-,5+/m1/s1. The Balaban J connectivity index is 2.54. The zero-order chi connectivity index (χ0) is 7.02. The Kier molecular flexibility index (Phi) is 1.72. The van der Waals surface area contributed by atoms with E-state index < -0.39 is 24.6 Å². The summed E-state index contributed by atoms with van der Waals surface area (Å²) in [5.41, 5.74) is 0. The Morgan fingerprint density at radius 2 is 1.67 bits per heavy atom. The fourth-order valence-electron chi connectivity index (χ4n) is 0.827. The number of rotatable bonds is 0. The van der Waals surface area contributed by atoms with Gasteiger partial charge in [-0.3, -0.25) is 0 Å². The second-order valence-electron chi connectivity index (χ2n) is 2.21. The predicted octanol–water partition coefficient (Wildman–Crippen LogP) is -1.55. The molecule has 1 rings (SSSR count). The van der Waals surface area contributed by atoms with E-state index in [1.165, 1.54) is 0 Å². The van der Waals surface area contributed by atoms with Gasteiger partial charge >= 0.3 is 0 Å². The second kappa shape index (κ2) is 2.22. The maximum absolute atomic E-state index is 8.90. The third-order valence-electron chi connectivity index (χ3n) is 1.48. The minimum absolute atomic E-state index is 0.477. The Labute approximate surface area is 52.7 Å². The van der Waals surface area contributed by atoms with Gasteiger partial charge in [-0.2, -0.15) is 0 Å². The van der Waals surface area contributed by atoms with Crippen LogP contribution in [0.4, 0.5) is 0 Å². The zero-order valence-corrected chi connectivity index (χ0v) is 5.06. The summed E-state index contributed by atoms with van der Waals surface area (Å²) in [7, 11) is 0. The lowest BCUT2D eigenvalue weighted by molar-refractivity contribution is -0.124. The van der Waals surface area contributed by atoms with Crippen LogP contribution in [0, 0.1) is 0 Å². The first-order valence-corrected chi connectivity index (χ1v) is 2.82. The van der Waals surface area contributed by atoms with Crippen molar-refractivity contribution in [3.8, 4) is 0 Å². The van der Waals surface area contributed by atoms with E-state index in [0.717, 1.165) is 0 Å². The molecule has 0 spiro atoms. The van der Waals surface area contributed by atoms with Crippen LogP contribution in [0.1, 0.15) is 6.92 Å². The minimum Gasteiger partial charge on any atom is -0.388 e. The molecule has 1 aliphatic heterocycles. The van der Waals surface area contributed by atoms with Crippen molar-refractivity contribution in [1.29, 1.82) is 0 Å². The van der Waals surface area contributed by atoms with Crippen LogP contribution in [0.2, 0.25) is 0 Å². The van der Waals surface area contributed by atoms with Crippen LogP contribution < -0.4 is 0 Å². The van der Waals surface area contributed by atoms with E-state index in [1.54, 1.807) is 6.92 Å². The van der Waals surface area contributed by atoms with E-state index in [9.17, 15) is 0 Å². The van der Waals surface area contributed by atoms with Gasteiger partial charge in [0.1, 0.15) is 12.2 Å². The molecule has 1 saturated heterocycles. The van der Waals surface area contributed by atoms with Crippen molar-refractivity contribution >= 4 is 0 Å². The molecule has 1 heterocycles. The van der Waals surface area contributed by atoms with Gasteiger partial charge in [-0.05, 0) is 6.92 Å². The van der Waals surface area contributed by atoms with E-state index in [1.807, 2.05) is 0 Å². The molecule has 1 fully saturated rings. The highest BCUT2D eigenvalue weighted by Gasteiger charge is 2.38. The van der Waals surface area contributed by atoms with E-state index >= 15 is 0 Å². The molecule has 0 aromatic heterocycles. The maximum Gasteiger partial charge on any atom is 0.183 e. The van der Waals surface area contributed by atoms with E-state index in [4.69, 9.17) is 15.3 Å². The first-order valence-electron chi connectivity index (χ1n) is 2.82. The van der Waals surface area contributed by atoms with Crippen molar-refractivity contribution in [2.75, 3.05) is 0 Å². The van der Waals surface area contributed by atoms with Crippen LogP contribution in [0.5, 0.6) is 0 Å². The van der Waals surface area contributed by atoms with Gasteiger partial charge in [0.2, 0.25) is 0 Å². The number of aliphatic hydroxyl groups is 3. The average molecular weight is 134 g/mol. The Morgan fingerprint density at radius 1 is 1.11 bits per heavy atom. The summed E-state index contributed by atoms with van der Waals surface area (Å²) < 4.78 is 4.64. The molecule has 0 unspecified atom stereocenters. The van der Waals surface area contributed by atoms with E-state index in [2.05, 4.69) is 4.74 Å². The smallest absolute Gasteiger partial charge is 0.183 e. The van der Waals surface area contributed by atoms with Crippen LogP contribution in [0.25, 0.3) is 0 Å². The molecular formula is C5H10O4. The molecule has 54 valence electrons. The quantitative estimate of drug-likeness (QED) is 0.375. The van der Waals surface area contributed by atoms with Crippen LogP contribution >= 0.6 is 0 Å². The van der Waals surface area contributed by atoms with E-state index in [-0.39, 0.29) is 0 Å². The predicted molar refractivity (Wildman–Crippen MR) is 28.6 cm³/mol. The monoisotopic (exact) mass is 134 g/mol. The highest BCUT2D eigenvalue weighted by molar-refractivity contribution is 4.82. The number of hydrogen-bond donors (Lipinski definition) is 3. The third kappa shape index (κ3) is 1.07. The van der Waals surface area contributed by atoms with Gasteiger partial charge in [0.25, 0.3) is 0 Å². The molecule has 0 bridgehead atoms. The molecule has 0 radical (unpaired) electrons. The molecule has 4 atom stereocenters. The molecule has 0 aromatic carbocycles. The molecular weight excluding hydrogens is 124 g/mol. The zero-order valence-electron chi connectivity index (χ0n) is 5.06. The highest BCUT2D eigenvalue weighted by atomic mass is 16.6. The van der Waals surface area contributed by atoms with Crippen molar-refractivity contribution in [3.63, 3.8) is 0 Å². The molecule has 0 saturated carbocycles. The summed E-state index contributed by atoms with van der Waals surface area (Å²) in [5.74, 6) is 0. The number of hydrogen-bond acceptors (Lipinski definition) is 4. The summed E-state index contributed by atoms with van der Waals surface area (Å²) in [6.07, 6.45) is -3.81. The lowest BCUT2D eigenvalue weighted by Gasteiger charge is -2.07. The third-order valence-corrected chi connectivity index (χ3v) is 1.48. The molecule has 4 nitrogen and oxygen atoms in total. The van der Waals surface area contributed by atoms with Gasteiger partial charge in [0, 0.05) is 0 Å². The lowest BCUT2D eigenvalue weighted by atomic mass is 10.2.